The molecule has 6 heteroatoms. The van der Waals surface area contributed by atoms with Crippen LogP contribution in [-0.4, -0.2) is 25.0 Å². The van der Waals surface area contributed by atoms with Gasteiger partial charge in [0.15, 0.2) is 11.5 Å². The second-order valence-corrected chi connectivity index (χ2v) is 7.76. The van der Waals surface area contributed by atoms with Gasteiger partial charge in [0.25, 0.3) is 0 Å². The summed E-state index contributed by atoms with van der Waals surface area (Å²) in [7, 11) is 1.33. The van der Waals surface area contributed by atoms with E-state index in [-0.39, 0.29) is 53.5 Å². The molecule has 0 fully saturated rings. The molecule has 28 heavy (non-hydrogen) atoms. The van der Waals surface area contributed by atoms with E-state index in [1.807, 2.05) is 27.7 Å². The SMILES string of the molecule is COC(=O)CCc1ccc(OC(=O)C(C)C(C)C)c(OC(=O)C(C)C(C)C)c1. The predicted octanol–water partition coefficient (Wildman–Crippen LogP) is 4.19. The Bertz CT molecular complexity index is 692. The summed E-state index contributed by atoms with van der Waals surface area (Å²) in [6.45, 7) is 11.3. The summed E-state index contributed by atoms with van der Waals surface area (Å²) in [5.74, 6) is -1.09. The zero-order chi connectivity index (χ0) is 21.4. The van der Waals surface area contributed by atoms with E-state index in [4.69, 9.17) is 9.47 Å². The lowest BCUT2D eigenvalue weighted by Gasteiger charge is -2.18. The molecule has 0 aliphatic rings. The number of rotatable bonds is 9. The van der Waals surface area contributed by atoms with E-state index in [0.717, 1.165) is 5.56 Å². The fourth-order valence-electron chi connectivity index (χ4n) is 2.17. The molecule has 0 aliphatic carbocycles. The van der Waals surface area contributed by atoms with Gasteiger partial charge in [-0.25, -0.2) is 0 Å². The monoisotopic (exact) mass is 392 g/mol. The molecule has 1 rings (SSSR count). The van der Waals surface area contributed by atoms with Gasteiger partial charge in [-0.05, 0) is 36.0 Å². The van der Waals surface area contributed by atoms with Crippen molar-refractivity contribution in [3.05, 3.63) is 23.8 Å². The first-order chi connectivity index (χ1) is 13.1. The second kappa shape index (κ2) is 10.8. The van der Waals surface area contributed by atoms with Gasteiger partial charge in [0.1, 0.15) is 0 Å². The number of hydrogen-bond donors (Lipinski definition) is 0. The van der Waals surface area contributed by atoms with E-state index in [1.165, 1.54) is 7.11 Å². The van der Waals surface area contributed by atoms with Crippen LogP contribution in [0.3, 0.4) is 0 Å². The van der Waals surface area contributed by atoms with Crippen LogP contribution < -0.4 is 9.47 Å². The maximum atomic E-state index is 12.4. The standard InChI is InChI=1S/C22H32O6/c1-13(2)15(5)21(24)27-18-10-8-17(9-11-20(23)26-7)12-19(18)28-22(25)16(6)14(3)4/h8,10,12-16H,9,11H2,1-7H3. The number of carbonyl (C=O) groups is 3. The lowest BCUT2D eigenvalue weighted by Crippen LogP contribution is -2.24. The topological polar surface area (TPSA) is 78.9 Å². The number of aryl methyl sites for hydroxylation is 1. The Labute approximate surface area is 167 Å². The lowest BCUT2D eigenvalue weighted by molar-refractivity contribution is -0.142. The van der Waals surface area contributed by atoms with Crippen molar-refractivity contribution in [2.75, 3.05) is 7.11 Å². The van der Waals surface area contributed by atoms with Crippen LogP contribution in [0.15, 0.2) is 18.2 Å². The van der Waals surface area contributed by atoms with Gasteiger partial charge >= 0.3 is 17.9 Å². The molecule has 1 aromatic carbocycles. The molecular weight excluding hydrogens is 360 g/mol. The summed E-state index contributed by atoms with van der Waals surface area (Å²) in [5.41, 5.74) is 0.780. The summed E-state index contributed by atoms with van der Waals surface area (Å²) in [6.07, 6.45) is 0.628. The van der Waals surface area contributed by atoms with Gasteiger partial charge in [-0.3, -0.25) is 14.4 Å². The Morgan fingerprint density at radius 3 is 1.79 bits per heavy atom. The van der Waals surface area contributed by atoms with Gasteiger partial charge in [-0.15, -0.1) is 0 Å². The third kappa shape index (κ3) is 6.98. The number of benzene rings is 1. The highest BCUT2D eigenvalue weighted by atomic mass is 16.6. The summed E-state index contributed by atoms with van der Waals surface area (Å²) in [5, 5.41) is 0. The van der Waals surface area contributed by atoms with Crippen molar-refractivity contribution in [1.29, 1.82) is 0 Å². The minimum Gasteiger partial charge on any atom is -0.469 e. The molecule has 0 spiro atoms. The van der Waals surface area contributed by atoms with Crippen molar-refractivity contribution in [1.82, 2.24) is 0 Å². The van der Waals surface area contributed by atoms with Crippen LogP contribution in [-0.2, 0) is 25.5 Å². The Balaban J connectivity index is 3.10. The van der Waals surface area contributed by atoms with Gasteiger partial charge in [0.2, 0.25) is 0 Å². The average Bonchev–Trinajstić information content (AvgIpc) is 2.65. The summed E-state index contributed by atoms with van der Waals surface area (Å²) >= 11 is 0. The molecule has 6 nitrogen and oxygen atoms in total. The Kier molecular flexibility index (Phi) is 9.16. The van der Waals surface area contributed by atoms with Crippen LogP contribution in [0.25, 0.3) is 0 Å². The summed E-state index contributed by atoms with van der Waals surface area (Å²) < 4.78 is 15.7. The highest BCUT2D eigenvalue weighted by Gasteiger charge is 2.24. The van der Waals surface area contributed by atoms with Crippen molar-refractivity contribution in [2.24, 2.45) is 23.7 Å². The van der Waals surface area contributed by atoms with Crippen molar-refractivity contribution in [3.63, 3.8) is 0 Å². The Morgan fingerprint density at radius 1 is 0.821 bits per heavy atom. The Hall–Kier alpha value is -2.37. The molecule has 0 aliphatic heterocycles. The first kappa shape index (κ1) is 23.7. The molecule has 0 heterocycles. The van der Waals surface area contributed by atoms with Crippen molar-refractivity contribution < 1.29 is 28.6 Å². The largest absolute Gasteiger partial charge is 0.469 e. The molecule has 0 aromatic heterocycles. The number of ether oxygens (including phenoxy) is 3. The molecule has 0 amide bonds. The smallest absolute Gasteiger partial charge is 0.314 e. The second-order valence-electron chi connectivity index (χ2n) is 7.76. The van der Waals surface area contributed by atoms with Crippen LogP contribution in [0.1, 0.15) is 53.5 Å². The highest BCUT2D eigenvalue weighted by molar-refractivity contribution is 5.78. The van der Waals surface area contributed by atoms with Gasteiger partial charge in [0, 0.05) is 6.42 Å². The number of esters is 3. The van der Waals surface area contributed by atoms with E-state index in [0.29, 0.717) is 6.42 Å². The van der Waals surface area contributed by atoms with Gasteiger partial charge < -0.3 is 14.2 Å². The maximum Gasteiger partial charge on any atom is 0.314 e. The number of hydrogen-bond acceptors (Lipinski definition) is 6. The fraction of sp³-hybridized carbons (Fsp3) is 0.591. The molecule has 2 unspecified atom stereocenters. The van der Waals surface area contributed by atoms with E-state index in [1.54, 1.807) is 32.0 Å². The Morgan fingerprint density at radius 2 is 1.32 bits per heavy atom. The van der Waals surface area contributed by atoms with Gasteiger partial charge in [-0.2, -0.15) is 0 Å². The lowest BCUT2D eigenvalue weighted by atomic mass is 9.98. The van der Waals surface area contributed by atoms with Crippen LogP contribution in [0.5, 0.6) is 11.5 Å². The molecule has 0 saturated carbocycles. The highest BCUT2D eigenvalue weighted by Crippen LogP contribution is 2.31. The summed E-state index contributed by atoms with van der Waals surface area (Å²) in [6, 6.07) is 4.98. The molecule has 156 valence electrons. The quantitative estimate of drug-likeness (QED) is 0.463. The number of carbonyl (C=O) groups excluding carboxylic acids is 3. The molecule has 2 atom stereocenters. The third-order valence-corrected chi connectivity index (χ3v) is 5.02. The maximum absolute atomic E-state index is 12.4. The molecule has 0 bridgehead atoms. The van der Waals surface area contributed by atoms with Crippen molar-refractivity contribution in [3.8, 4) is 11.5 Å². The minimum absolute atomic E-state index is 0.113. The average molecular weight is 392 g/mol. The van der Waals surface area contributed by atoms with E-state index in [9.17, 15) is 14.4 Å². The normalized spacial score (nSPS) is 13.2. The van der Waals surface area contributed by atoms with Crippen LogP contribution in [0.4, 0.5) is 0 Å². The van der Waals surface area contributed by atoms with E-state index < -0.39 is 5.97 Å². The summed E-state index contributed by atoms with van der Waals surface area (Å²) in [4.78, 5) is 36.2. The predicted molar refractivity (Wildman–Crippen MR) is 106 cm³/mol. The van der Waals surface area contributed by atoms with Crippen LogP contribution in [0.2, 0.25) is 0 Å². The third-order valence-electron chi connectivity index (χ3n) is 5.02. The molecule has 0 N–H and O–H groups in total. The molecule has 0 radical (unpaired) electrons. The van der Waals surface area contributed by atoms with Gasteiger partial charge in [0.05, 0.1) is 18.9 Å². The zero-order valence-corrected chi connectivity index (χ0v) is 17.9. The minimum atomic E-state index is -0.394. The van der Waals surface area contributed by atoms with Crippen molar-refractivity contribution in [2.45, 2.75) is 54.4 Å². The van der Waals surface area contributed by atoms with Gasteiger partial charge in [-0.1, -0.05) is 47.6 Å². The first-order valence-electron chi connectivity index (χ1n) is 9.69. The van der Waals surface area contributed by atoms with Crippen LogP contribution >= 0.6 is 0 Å². The van der Waals surface area contributed by atoms with Crippen LogP contribution in [0, 0.1) is 23.7 Å². The van der Waals surface area contributed by atoms with E-state index >= 15 is 0 Å². The first-order valence-corrected chi connectivity index (χ1v) is 9.69. The molecule has 0 saturated heterocycles. The molecule has 1 aromatic rings. The number of methoxy groups -OCH3 is 1. The van der Waals surface area contributed by atoms with E-state index in [2.05, 4.69) is 4.74 Å². The fourth-order valence-corrected chi connectivity index (χ4v) is 2.17. The molecular formula is C22H32O6. The van der Waals surface area contributed by atoms with Crippen molar-refractivity contribution >= 4 is 17.9 Å². The zero-order valence-electron chi connectivity index (χ0n) is 17.9.